The number of hydrogen-bond acceptors (Lipinski definition) is 3. The summed E-state index contributed by atoms with van der Waals surface area (Å²) in [6.45, 7) is 0.281. The van der Waals surface area contributed by atoms with Crippen LogP contribution in [0.15, 0.2) is 18.2 Å². The maximum atomic E-state index is 12.4. The summed E-state index contributed by atoms with van der Waals surface area (Å²) in [7, 11) is 0. The molecule has 2 amide bonds. The molecule has 1 fully saturated rings. The summed E-state index contributed by atoms with van der Waals surface area (Å²) in [4.78, 5) is 22.9. The molecule has 0 bridgehead atoms. The Morgan fingerprint density at radius 3 is 2.52 bits per heavy atom. The number of carbonyl (C=O) groups is 2. The van der Waals surface area contributed by atoms with E-state index in [9.17, 15) is 9.59 Å². The smallest absolute Gasteiger partial charge is 0.404 e. The summed E-state index contributed by atoms with van der Waals surface area (Å²) in [5.74, 6) is -0.0970. The molecule has 0 unspecified atom stereocenters. The number of halogens is 2. The van der Waals surface area contributed by atoms with Crippen molar-refractivity contribution in [2.45, 2.75) is 24.7 Å². The number of rotatable bonds is 5. The minimum Gasteiger partial charge on any atom is -0.448 e. The number of carbonyl (C=O) groups excluding carboxylic acids is 2. The van der Waals surface area contributed by atoms with E-state index in [1.54, 1.807) is 12.1 Å². The number of benzene rings is 1. The number of primary amides is 1. The normalized spacial score (nSPS) is 15.9. The first-order valence-electron chi connectivity index (χ1n) is 6.62. The van der Waals surface area contributed by atoms with E-state index in [1.165, 1.54) is 0 Å². The lowest BCUT2D eigenvalue weighted by molar-refractivity contribution is -0.130. The summed E-state index contributed by atoms with van der Waals surface area (Å²) in [5, 5.41) is 3.66. The van der Waals surface area contributed by atoms with E-state index in [2.05, 4.69) is 10.1 Å². The van der Waals surface area contributed by atoms with Gasteiger partial charge in [-0.3, -0.25) is 4.79 Å². The average molecular weight is 331 g/mol. The lowest BCUT2D eigenvalue weighted by atomic mass is 9.64. The average Bonchev–Trinajstić information content (AvgIpc) is 2.37. The minimum absolute atomic E-state index is 0.0541. The van der Waals surface area contributed by atoms with Gasteiger partial charge in [0.05, 0.1) is 22.0 Å². The molecule has 7 heteroatoms. The third-order valence-corrected chi connectivity index (χ3v) is 4.48. The third kappa shape index (κ3) is 3.41. The number of nitrogens with one attached hydrogen (secondary N) is 1. The summed E-state index contributed by atoms with van der Waals surface area (Å²) >= 11 is 11.9. The first-order chi connectivity index (χ1) is 9.95. The molecule has 0 aliphatic heterocycles. The molecule has 0 saturated heterocycles. The Morgan fingerprint density at radius 2 is 2.00 bits per heavy atom. The molecule has 1 aliphatic carbocycles. The van der Waals surface area contributed by atoms with Crippen LogP contribution in [0, 0.1) is 0 Å². The van der Waals surface area contributed by atoms with Gasteiger partial charge in [0.1, 0.15) is 6.61 Å². The zero-order valence-electron chi connectivity index (χ0n) is 11.3. The molecule has 114 valence electrons. The first kappa shape index (κ1) is 15.9. The molecule has 5 nitrogen and oxygen atoms in total. The van der Waals surface area contributed by atoms with Crippen LogP contribution in [0.4, 0.5) is 4.79 Å². The zero-order chi connectivity index (χ0) is 15.5. The van der Waals surface area contributed by atoms with Crippen LogP contribution in [-0.2, 0) is 14.9 Å². The van der Waals surface area contributed by atoms with Gasteiger partial charge >= 0.3 is 6.09 Å². The molecular weight excluding hydrogens is 315 g/mol. The summed E-state index contributed by atoms with van der Waals surface area (Å²) in [6.07, 6.45) is 1.64. The van der Waals surface area contributed by atoms with E-state index in [0.29, 0.717) is 10.0 Å². The van der Waals surface area contributed by atoms with E-state index < -0.39 is 11.5 Å². The molecular formula is C14H16Cl2N2O3. The molecule has 21 heavy (non-hydrogen) atoms. The van der Waals surface area contributed by atoms with E-state index in [1.807, 2.05) is 6.07 Å². The highest BCUT2D eigenvalue weighted by molar-refractivity contribution is 6.42. The van der Waals surface area contributed by atoms with Crippen LogP contribution in [0.25, 0.3) is 0 Å². The van der Waals surface area contributed by atoms with E-state index in [4.69, 9.17) is 28.9 Å². The fraction of sp³-hybridized carbons (Fsp3) is 0.429. The van der Waals surface area contributed by atoms with Gasteiger partial charge in [-0.25, -0.2) is 4.79 Å². The highest BCUT2D eigenvalue weighted by Gasteiger charge is 2.45. The Labute approximate surface area is 132 Å². The standard InChI is InChI=1S/C14H16Cl2N2O3/c15-10-3-2-9(8-11(10)16)14(4-1-5-14)12(19)18-6-7-21-13(17)20/h2-3,8H,1,4-7H2,(H2,17,20)(H,18,19). The number of nitrogens with two attached hydrogens (primary N) is 1. The second-order valence-electron chi connectivity index (χ2n) is 4.99. The predicted octanol–water partition coefficient (Wildman–Crippen LogP) is 2.63. The van der Waals surface area contributed by atoms with Crippen molar-refractivity contribution in [2.24, 2.45) is 5.73 Å². The molecule has 1 aliphatic rings. The van der Waals surface area contributed by atoms with Crippen molar-refractivity contribution in [1.82, 2.24) is 5.32 Å². The van der Waals surface area contributed by atoms with E-state index in [-0.39, 0.29) is 19.1 Å². The topological polar surface area (TPSA) is 81.4 Å². The van der Waals surface area contributed by atoms with Crippen LogP contribution in [0.2, 0.25) is 10.0 Å². The van der Waals surface area contributed by atoms with Crippen LogP contribution < -0.4 is 11.1 Å². The molecule has 0 radical (unpaired) electrons. The van der Waals surface area contributed by atoms with Gasteiger partial charge in [0, 0.05) is 0 Å². The Kier molecular flexibility index (Phi) is 4.96. The molecule has 1 aromatic rings. The van der Waals surface area contributed by atoms with Gasteiger partial charge in [0.2, 0.25) is 5.91 Å². The molecule has 2 rings (SSSR count). The van der Waals surface area contributed by atoms with Crippen molar-refractivity contribution in [3.63, 3.8) is 0 Å². The van der Waals surface area contributed by atoms with Gasteiger partial charge in [0.25, 0.3) is 0 Å². The second-order valence-corrected chi connectivity index (χ2v) is 5.80. The minimum atomic E-state index is -0.855. The van der Waals surface area contributed by atoms with Gasteiger partial charge in [-0.15, -0.1) is 0 Å². The quantitative estimate of drug-likeness (QED) is 0.814. The van der Waals surface area contributed by atoms with Crippen LogP contribution in [0.1, 0.15) is 24.8 Å². The largest absolute Gasteiger partial charge is 0.448 e. The lowest BCUT2D eigenvalue weighted by Crippen LogP contribution is -2.50. The maximum Gasteiger partial charge on any atom is 0.404 e. The molecule has 3 N–H and O–H groups in total. The molecule has 1 saturated carbocycles. The Hall–Kier alpha value is -1.46. The van der Waals surface area contributed by atoms with Crippen molar-refractivity contribution in [3.05, 3.63) is 33.8 Å². The monoisotopic (exact) mass is 330 g/mol. The molecule has 1 aromatic carbocycles. The number of hydrogen-bond donors (Lipinski definition) is 2. The predicted molar refractivity (Wildman–Crippen MR) is 80.5 cm³/mol. The SMILES string of the molecule is NC(=O)OCCNC(=O)C1(c2ccc(Cl)c(Cl)c2)CCC1. The highest BCUT2D eigenvalue weighted by atomic mass is 35.5. The lowest BCUT2D eigenvalue weighted by Gasteiger charge is -2.40. The van der Waals surface area contributed by atoms with Crippen molar-refractivity contribution < 1.29 is 14.3 Å². The molecule has 0 heterocycles. The molecule has 0 atom stereocenters. The van der Waals surface area contributed by atoms with Crippen LogP contribution in [0.3, 0.4) is 0 Å². The second kappa shape index (κ2) is 6.54. The van der Waals surface area contributed by atoms with Gasteiger partial charge in [-0.05, 0) is 30.5 Å². The Balaban J connectivity index is 2.04. The van der Waals surface area contributed by atoms with E-state index in [0.717, 1.165) is 24.8 Å². The number of amides is 2. The fourth-order valence-corrected chi connectivity index (χ4v) is 2.75. The maximum absolute atomic E-state index is 12.4. The third-order valence-electron chi connectivity index (χ3n) is 3.75. The van der Waals surface area contributed by atoms with Gasteiger partial charge in [0.15, 0.2) is 0 Å². The highest BCUT2D eigenvalue weighted by Crippen LogP contribution is 2.45. The van der Waals surface area contributed by atoms with Crippen molar-refractivity contribution >= 4 is 35.2 Å². The first-order valence-corrected chi connectivity index (χ1v) is 7.37. The summed E-state index contributed by atoms with van der Waals surface area (Å²) in [6, 6.07) is 5.26. The summed E-state index contributed by atoms with van der Waals surface area (Å²) < 4.78 is 4.58. The molecule has 0 aromatic heterocycles. The van der Waals surface area contributed by atoms with Gasteiger partial charge in [-0.2, -0.15) is 0 Å². The fourth-order valence-electron chi connectivity index (χ4n) is 2.46. The van der Waals surface area contributed by atoms with Crippen LogP contribution >= 0.6 is 23.2 Å². The van der Waals surface area contributed by atoms with Crippen LogP contribution in [0.5, 0.6) is 0 Å². The van der Waals surface area contributed by atoms with Gasteiger partial charge in [-0.1, -0.05) is 35.7 Å². The van der Waals surface area contributed by atoms with Crippen molar-refractivity contribution in [1.29, 1.82) is 0 Å². The Morgan fingerprint density at radius 1 is 1.29 bits per heavy atom. The summed E-state index contributed by atoms with van der Waals surface area (Å²) in [5.41, 5.74) is 5.14. The zero-order valence-corrected chi connectivity index (χ0v) is 12.8. The van der Waals surface area contributed by atoms with Crippen molar-refractivity contribution in [2.75, 3.05) is 13.2 Å². The van der Waals surface area contributed by atoms with E-state index >= 15 is 0 Å². The Bertz CT molecular complexity index is 559. The number of ether oxygens (including phenoxy) is 1. The molecule has 0 spiro atoms. The van der Waals surface area contributed by atoms with Crippen LogP contribution in [-0.4, -0.2) is 25.2 Å². The van der Waals surface area contributed by atoms with Crippen molar-refractivity contribution in [3.8, 4) is 0 Å². The van der Waals surface area contributed by atoms with Gasteiger partial charge < -0.3 is 15.8 Å².